The van der Waals surface area contributed by atoms with Gasteiger partial charge in [0.25, 0.3) is 0 Å². The zero-order valence-corrected chi connectivity index (χ0v) is 13.9. The van der Waals surface area contributed by atoms with Crippen LogP contribution < -0.4 is 5.73 Å². The van der Waals surface area contributed by atoms with Crippen LogP contribution in [0.15, 0.2) is 27.6 Å². The second-order valence-electron chi connectivity index (χ2n) is 4.88. The van der Waals surface area contributed by atoms with Crippen molar-refractivity contribution in [1.29, 1.82) is 0 Å². The Balaban J connectivity index is 2.08. The Morgan fingerprint density at radius 1 is 1.38 bits per heavy atom. The lowest BCUT2D eigenvalue weighted by atomic mass is 10.1. The summed E-state index contributed by atoms with van der Waals surface area (Å²) in [5.41, 5.74) is 6.06. The Labute approximate surface area is 133 Å². The van der Waals surface area contributed by atoms with E-state index in [4.69, 9.17) is 15.6 Å². The van der Waals surface area contributed by atoms with Crippen LogP contribution in [-0.4, -0.2) is 50.2 Å². The van der Waals surface area contributed by atoms with E-state index in [1.807, 2.05) is 0 Å². The molecule has 1 heterocycles. The predicted molar refractivity (Wildman–Crippen MR) is 83.4 cm³/mol. The van der Waals surface area contributed by atoms with Crippen LogP contribution in [-0.2, 0) is 14.8 Å². The molecular formula is C13H19BrN2O4S. The molecule has 2 rings (SSSR count). The number of hydrogen-bond donors (Lipinski definition) is 2. The van der Waals surface area contributed by atoms with Gasteiger partial charge >= 0.3 is 0 Å². The van der Waals surface area contributed by atoms with Gasteiger partial charge in [0.15, 0.2) is 0 Å². The molecule has 1 aromatic rings. The second kappa shape index (κ2) is 7.06. The maximum absolute atomic E-state index is 12.6. The van der Waals surface area contributed by atoms with E-state index in [0.717, 1.165) is 4.47 Å². The average molecular weight is 379 g/mol. The second-order valence-corrected chi connectivity index (χ2v) is 7.70. The van der Waals surface area contributed by atoms with Crippen LogP contribution in [0, 0.1) is 0 Å². The number of aliphatic hydroxyl groups is 1. The van der Waals surface area contributed by atoms with Gasteiger partial charge in [0, 0.05) is 17.6 Å². The Hall–Kier alpha value is -0.670. The average Bonchev–Trinajstić information content (AvgIpc) is 2.45. The maximum atomic E-state index is 12.6. The first kappa shape index (κ1) is 16.7. The van der Waals surface area contributed by atoms with Crippen molar-refractivity contribution in [1.82, 2.24) is 4.31 Å². The van der Waals surface area contributed by atoms with Crippen molar-refractivity contribution >= 4 is 31.6 Å². The molecular weight excluding hydrogens is 360 g/mol. The number of hydrogen-bond acceptors (Lipinski definition) is 5. The van der Waals surface area contributed by atoms with Crippen molar-refractivity contribution in [2.75, 3.05) is 32.0 Å². The van der Waals surface area contributed by atoms with Gasteiger partial charge in [-0.1, -0.05) is 15.9 Å². The van der Waals surface area contributed by atoms with Crippen LogP contribution in [0.2, 0.25) is 0 Å². The van der Waals surface area contributed by atoms with Crippen molar-refractivity contribution in [2.45, 2.75) is 23.8 Å². The zero-order chi connectivity index (χ0) is 15.5. The number of rotatable bonds is 5. The van der Waals surface area contributed by atoms with Gasteiger partial charge in [-0.2, -0.15) is 4.31 Å². The number of anilines is 1. The number of nitrogen functional groups attached to an aromatic ring is 1. The number of nitrogens with two attached hydrogens (primary N) is 1. The molecule has 0 radical (unpaired) electrons. The zero-order valence-electron chi connectivity index (χ0n) is 11.5. The first-order valence-corrected chi connectivity index (χ1v) is 8.96. The van der Waals surface area contributed by atoms with Crippen LogP contribution >= 0.6 is 15.9 Å². The summed E-state index contributed by atoms with van der Waals surface area (Å²) in [5, 5.41) is 8.73. The lowest BCUT2D eigenvalue weighted by Gasteiger charge is -2.31. The highest BCUT2D eigenvalue weighted by Gasteiger charge is 2.30. The van der Waals surface area contributed by atoms with Crippen molar-refractivity contribution in [3.63, 3.8) is 0 Å². The molecule has 1 saturated heterocycles. The summed E-state index contributed by atoms with van der Waals surface area (Å²) in [6.45, 7) is 1.06. The highest BCUT2D eigenvalue weighted by Crippen LogP contribution is 2.28. The predicted octanol–water partition coefficient (Wildman–Crippen LogP) is 1.19. The Morgan fingerprint density at radius 2 is 2.05 bits per heavy atom. The van der Waals surface area contributed by atoms with Crippen LogP contribution in [0.1, 0.15) is 12.8 Å². The summed E-state index contributed by atoms with van der Waals surface area (Å²) in [7, 11) is -3.57. The number of benzene rings is 1. The molecule has 0 saturated carbocycles. The molecule has 8 heteroatoms. The third kappa shape index (κ3) is 3.95. The van der Waals surface area contributed by atoms with Gasteiger partial charge in [-0.25, -0.2) is 8.42 Å². The molecule has 0 aromatic heterocycles. The molecule has 118 valence electrons. The van der Waals surface area contributed by atoms with Crippen LogP contribution in [0.3, 0.4) is 0 Å². The summed E-state index contributed by atoms with van der Waals surface area (Å²) in [6, 6.07) is 4.77. The first-order valence-electron chi connectivity index (χ1n) is 6.73. The monoisotopic (exact) mass is 378 g/mol. The highest BCUT2D eigenvalue weighted by atomic mass is 79.9. The van der Waals surface area contributed by atoms with Gasteiger partial charge in [0.1, 0.15) is 4.90 Å². The molecule has 3 N–H and O–H groups in total. The number of piperidine rings is 1. The number of aliphatic hydroxyl groups excluding tert-OH is 1. The lowest BCUT2D eigenvalue weighted by Crippen LogP contribution is -2.41. The van der Waals surface area contributed by atoms with E-state index in [1.165, 1.54) is 10.4 Å². The Morgan fingerprint density at radius 3 is 2.62 bits per heavy atom. The van der Waals surface area contributed by atoms with Crippen molar-refractivity contribution in [2.24, 2.45) is 0 Å². The summed E-state index contributed by atoms with van der Waals surface area (Å²) < 4.78 is 32.8. The minimum Gasteiger partial charge on any atom is -0.398 e. The van der Waals surface area contributed by atoms with Crippen LogP contribution in [0.25, 0.3) is 0 Å². The van der Waals surface area contributed by atoms with Gasteiger partial charge in [-0.05, 0) is 31.0 Å². The van der Waals surface area contributed by atoms with E-state index < -0.39 is 10.0 Å². The molecule has 0 unspecified atom stereocenters. The molecule has 0 atom stereocenters. The van der Waals surface area contributed by atoms with Gasteiger partial charge < -0.3 is 15.6 Å². The molecule has 0 amide bonds. The fourth-order valence-electron chi connectivity index (χ4n) is 2.35. The number of sulfonamides is 1. The summed E-state index contributed by atoms with van der Waals surface area (Å²) in [5.74, 6) is 0. The van der Waals surface area contributed by atoms with Crippen LogP contribution in [0.5, 0.6) is 0 Å². The fourth-order valence-corrected chi connectivity index (χ4v) is 4.30. The minimum atomic E-state index is -3.57. The standard InChI is InChI=1S/C13H19BrN2O4S/c14-10-1-2-13(12(15)9-10)21(18,19)16-5-3-11(4-6-16)20-8-7-17/h1-2,9,11,17H,3-8,15H2. The van der Waals surface area contributed by atoms with Crippen LogP contribution in [0.4, 0.5) is 5.69 Å². The molecule has 21 heavy (non-hydrogen) atoms. The summed E-state index contributed by atoms with van der Waals surface area (Å²) >= 11 is 3.27. The number of halogens is 1. The lowest BCUT2D eigenvalue weighted by molar-refractivity contribution is 0.00319. The topological polar surface area (TPSA) is 92.9 Å². The molecule has 1 fully saturated rings. The molecule has 0 bridgehead atoms. The van der Waals surface area contributed by atoms with Crippen molar-refractivity contribution < 1.29 is 18.3 Å². The fraction of sp³-hybridized carbons (Fsp3) is 0.538. The SMILES string of the molecule is Nc1cc(Br)ccc1S(=O)(=O)N1CCC(OCCO)CC1. The molecule has 1 aliphatic rings. The summed E-state index contributed by atoms with van der Waals surface area (Å²) in [6.07, 6.45) is 1.25. The van der Waals surface area contributed by atoms with E-state index in [1.54, 1.807) is 12.1 Å². The Kier molecular flexibility index (Phi) is 5.61. The third-order valence-corrected chi connectivity index (χ3v) is 5.90. The molecule has 1 aromatic carbocycles. The Bertz CT molecular complexity index is 586. The normalized spacial score (nSPS) is 18.0. The largest absolute Gasteiger partial charge is 0.398 e. The van der Waals surface area contributed by atoms with Gasteiger partial charge in [-0.15, -0.1) is 0 Å². The number of nitrogens with zero attached hydrogens (tertiary/aromatic N) is 1. The van der Waals surface area contributed by atoms with E-state index in [-0.39, 0.29) is 29.9 Å². The molecule has 0 spiro atoms. The summed E-state index contributed by atoms with van der Waals surface area (Å²) in [4.78, 5) is 0.139. The molecule has 1 aliphatic heterocycles. The highest BCUT2D eigenvalue weighted by molar-refractivity contribution is 9.10. The molecule has 0 aliphatic carbocycles. The van der Waals surface area contributed by atoms with Gasteiger partial charge in [0.2, 0.25) is 10.0 Å². The van der Waals surface area contributed by atoms with Crippen molar-refractivity contribution in [3.8, 4) is 0 Å². The van der Waals surface area contributed by atoms with E-state index in [9.17, 15) is 8.42 Å². The third-order valence-electron chi connectivity index (χ3n) is 3.44. The van der Waals surface area contributed by atoms with Gasteiger partial charge in [-0.3, -0.25) is 0 Å². The smallest absolute Gasteiger partial charge is 0.245 e. The number of ether oxygens (including phenoxy) is 1. The maximum Gasteiger partial charge on any atom is 0.245 e. The van der Waals surface area contributed by atoms with Crippen molar-refractivity contribution in [3.05, 3.63) is 22.7 Å². The van der Waals surface area contributed by atoms with E-state index in [2.05, 4.69) is 15.9 Å². The minimum absolute atomic E-state index is 0.00543. The van der Waals surface area contributed by atoms with Gasteiger partial charge in [0.05, 0.1) is 25.0 Å². The quantitative estimate of drug-likeness (QED) is 0.750. The van der Waals surface area contributed by atoms with E-state index >= 15 is 0 Å². The first-order chi connectivity index (χ1) is 9.95. The molecule has 6 nitrogen and oxygen atoms in total. The van der Waals surface area contributed by atoms with E-state index in [0.29, 0.717) is 25.9 Å².